The summed E-state index contributed by atoms with van der Waals surface area (Å²) in [6.45, 7) is 0. The van der Waals surface area contributed by atoms with Crippen molar-refractivity contribution in [3.63, 3.8) is 0 Å². The molecular weight excluding hydrogens is 415 g/mol. The van der Waals surface area contributed by atoms with E-state index in [4.69, 9.17) is 23.2 Å². The number of nitrogens with zero attached hydrogens (tertiary/aromatic N) is 2. The van der Waals surface area contributed by atoms with Crippen molar-refractivity contribution < 1.29 is 14.5 Å². The zero-order valence-corrected chi connectivity index (χ0v) is 16.7. The lowest BCUT2D eigenvalue weighted by Crippen LogP contribution is -2.40. The van der Waals surface area contributed by atoms with Crippen molar-refractivity contribution in [3.8, 4) is 0 Å². The van der Waals surface area contributed by atoms with Gasteiger partial charge in [0.1, 0.15) is 5.69 Å². The molecule has 1 aliphatic carbocycles. The van der Waals surface area contributed by atoms with Gasteiger partial charge in [-0.25, -0.2) is 0 Å². The number of para-hydroxylation sites is 2. The van der Waals surface area contributed by atoms with Crippen LogP contribution in [0.3, 0.4) is 0 Å². The Kier molecular flexibility index (Phi) is 5.15. The van der Waals surface area contributed by atoms with Gasteiger partial charge in [-0.2, -0.15) is 0 Å². The number of nitro groups is 1. The number of nitro benzene ring substituents is 1. The predicted octanol–water partition coefficient (Wildman–Crippen LogP) is 5.43. The first kappa shape index (κ1) is 19.6. The third-order valence-corrected chi connectivity index (χ3v) is 6.08. The molecule has 2 aromatic rings. The topological polar surface area (TPSA) is 80.5 Å². The van der Waals surface area contributed by atoms with Crippen LogP contribution in [0.15, 0.2) is 53.7 Å². The van der Waals surface area contributed by atoms with E-state index >= 15 is 0 Å². The highest BCUT2D eigenvalue weighted by molar-refractivity contribution is 6.42. The highest BCUT2D eigenvalue weighted by atomic mass is 35.5. The highest BCUT2D eigenvalue weighted by Crippen LogP contribution is 2.45. The third-order valence-electron chi connectivity index (χ3n) is 5.34. The van der Waals surface area contributed by atoms with E-state index in [1.807, 2.05) is 0 Å². The van der Waals surface area contributed by atoms with Crippen LogP contribution in [0.4, 0.5) is 11.4 Å². The van der Waals surface area contributed by atoms with Crippen molar-refractivity contribution in [3.05, 3.63) is 79.5 Å². The molecule has 8 heteroatoms. The maximum absolute atomic E-state index is 13.2. The molecule has 148 valence electrons. The van der Waals surface area contributed by atoms with Crippen LogP contribution < -0.4 is 4.90 Å². The number of hydrogen-bond acceptors (Lipinski definition) is 4. The maximum Gasteiger partial charge on any atom is 0.293 e. The Morgan fingerprint density at radius 3 is 2.52 bits per heavy atom. The van der Waals surface area contributed by atoms with Gasteiger partial charge in [0.05, 0.1) is 15.0 Å². The second kappa shape index (κ2) is 7.61. The van der Waals surface area contributed by atoms with Crippen molar-refractivity contribution in [1.29, 1.82) is 0 Å². The predicted molar refractivity (Wildman–Crippen MR) is 110 cm³/mol. The molecule has 29 heavy (non-hydrogen) atoms. The summed E-state index contributed by atoms with van der Waals surface area (Å²) < 4.78 is 0. The fraction of sp³-hybridized carbons (Fsp3) is 0.238. The van der Waals surface area contributed by atoms with E-state index in [9.17, 15) is 19.7 Å². The van der Waals surface area contributed by atoms with Gasteiger partial charge in [0.25, 0.3) is 5.69 Å². The lowest BCUT2D eigenvalue weighted by molar-refractivity contribution is -0.384. The van der Waals surface area contributed by atoms with Crippen LogP contribution in [0.2, 0.25) is 10.0 Å². The molecule has 1 unspecified atom stereocenters. The third kappa shape index (κ3) is 3.43. The molecule has 0 saturated carbocycles. The molecule has 4 rings (SSSR count). The smallest absolute Gasteiger partial charge is 0.293 e. The van der Waals surface area contributed by atoms with Crippen LogP contribution in [-0.4, -0.2) is 16.6 Å². The largest absolute Gasteiger partial charge is 0.294 e. The number of rotatable bonds is 3. The summed E-state index contributed by atoms with van der Waals surface area (Å²) in [7, 11) is 0. The number of hydrogen-bond donors (Lipinski definition) is 0. The highest BCUT2D eigenvalue weighted by Gasteiger charge is 2.41. The van der Waals surface area contributed by atoms with Crippen LogP contribution in [0, 0.1) is 10.1 Å². The summed E-state index contributed by atoms with van der Waals surface area (Å²) in [5.41, 5.74) is 1.84. The van der Waals surface area contributed by atoms with Crippen molar-refractivity contribution in [2.24, 2.45) is 0 Å². The average Bonchev–Trinajstić information content (AvgIpc) is 2.69. The maximum atomic E-state index is 13.2. The van der Waals surface area contributed by atoms with Crippen LogP contribution in [-0.2, 0) is 9.59 Å². The standard InChI is InChI=1S/C21H16Cl2N2O4/c22-14-9-8-12(10-15(14)23)13-11-20(27)24(18-6-3-7-19(26)21(13)18)16-4-1-2-5-17(16)25(28)29/h1-2,4-5,8-10,13H,3,6-7,11H2. The molecule has 0 spiro atoms. The Labute approximate surface area is 176 Å². The van der Waals surface area contributed by atoms with Gasteiger partial charge in [-0.1, -0.05) is 41.4 Å². The second-order valence-corrected chi connectivity index (χ2v) is 7.86. The molecule has 1 heterocycles. The fourth-order valence-electron chi connectivity index (χ4n) is 4.09. The summed E-state index contributed by atoms with van der Waals surface area (Å²) >= 11 is 12.2. The Hall–Kier alpha value is -2.70. The number of allylic oxidation sites excluding steroid dienone is 2. The van der Waals surface area contributed by atoms with Crippen molar-refractivity contribution in [1.82, 2.24) is 0 Å². The van der Waals surface area contributed by atoms with Crippen molar-refractivity contribution in [2.45, 2.75) is 31.6 Å². The van der Waals surface area contributed by atoms with E-state index in [-0.39, 0.29) is 29.5 Å². The van der Waals surface area contributed by atoms with E-state index < -0.39 is 10.8 Å². The monoisotopic (exact) mass is 430 g/mol. The molecule has 0 saturated heterocycles. The quantitative estimate of drug-likeness (QED) is 0.480. The van der Waals surface area contributed by atoms with Gasteiger partial charge in [-0.05, 0) is 36.6 Å². The molecule has 1 atom stereocenters. The number of carbonyl (C=O) groups excluding carboxylic acids is 2. The molecule has 0 bridgehead atoms. The summed E-state index contributed by atoms with van der Waals surface area (Å²) in [4.78, 5) is 38.4. The first-order valence-electron chi connectivity index (χ1n) is 9.16. The number of anilines is 1. The van der Waals surface area contributed by atoms with E-state index in [1.165, 1.54) is 11.0 Å². The lowest BCUT2D eigenvalue weighted by Gasteiger charge is -2.38. The molecule has 0 radical (unpaired) electrons. The van der Waals surface area contributed by atoms with Gasteiger partial charge in [-0.3, -0.25) is 24.6 Å². The number of carbonyl (C=O) groups is 2. The van der Waals surface area contributed by atoms with E-state index in [1.54, 1.807) is 36.4 Å². The molecule has 2 aliphatic rings. The van der Waals surface area contributed by atoms with Crippen molar-refractivity contribution >= 4 is 46.3 Å². The Bertz CT molecular complexity index is 1080. The molecule has 0 N–H and O–H groups in total. The normalized spacial score (nSPS) is 19.4. The van der Waals surface area contributed by atoms with E-state index in [0.717, 1.165) is 5.56 Å². The molecule has 1 amide bonds. The molecule has 0 aromatic heterocycles. The number of Topliss-reactive ketones (excluding diaryl/α,β-unsaturated/α-hetero) is 1. The summed E-state index contributed by atoms with van der Waals surface area (Å²) in [5.74, 6) is -0.777. The Morgan fingerprint density at radius 2 is 1.79 bits per heavy atom. The number of halogens is 2. The Balaban J connectivity index is 1.90. The molecule has 1 aliphatic heterocycles. The van der Waals surface area contributed by atoms with E-state index in [2.05, 4.69) is 0 Å². The number of amides is 1. The fourth-order valence-corrected chi connectivity index (χ4v) is 4.40. The van der Waals surface area contributed by atoms with Crippen LogP contribution in [0.1, 0.15) is 37.2 Å². The minimum absolute atomic E-state index is 0.0224. The molecule has 0 fully saturated rings. The van der Waals surface area contributed by atoms with Crippen LogP contribution in [0.5, 0.6) is 0 Å². The zero-order valence-electron chi connectivity index (χ0n) is 15.2. The van der Waals surface area contributed by atoms with Gasteiger partial charge < -0.3 is 0 Å². The summed E-state index contributed by atoms with van der Waals surface area (Å²) in [6, 6.07) is 11.2. The first-order chi connectivity index (χ1) is 13.9. The zero-order chi connectivity index (χ0) is 20.7. The first-order valence-corrected chi connectivity index (χ1v) is 9.91. The van der Waals surface area contributed by atoms with Crippen LogP contribution >= 0.6 is 23.2 Å². The van der Waals surface area contributed by atoms with Gasteiger partial charge in [0.2, 0.25) is 5.91 Å². The van der Waals surface area contributed by atoms with E-state index in [0.29, 0.717) is 40.6 Å². The molecule has 6 nitrogen and oxygen atoms in total. The SMILES string of the molecule is O=C1CCCC2=C1C(c1ccc(Cl)c(Cl)c1)CC(=O)N2c1ccccc1[N+](=O)[O-]. The van der Waals surface area contributed by atoms with Gasteiger partial charge in [-0.15, -0.1) is 0 Å². The summed E-state index contributed by atoms with van der Waals surface area (Å²) in [5, 5.41) is 12.3. The molecule has 2 aromatic carbocycles. The summed E-state index contributed by atoms with van der Waals surface area (Å²) in [6.07, 6.45) is 1.50. The average molecular weight is 431 g/mol. The molecular formula is C21H16Cl2N2O4. The van der Waals surface area contributed by atoms with Gasteiger partial charge in [0.15, 0.2) is 5.78 Å². The minimum Gasteiger partial charge on any atom is -0.294 e. The lowest BCUT2D eigenvalue weighted by atomic mass is 9.77. The van der Waals surface area contributed by atoms with Crippen molar-refractivity contribution in [2.75, 3.05) is 4.90 Å². The second-order valence-electron chi connectivity index (χ2n) is 7.04. The number of ketones is 1. The number of benzene rings is 2. The van der Waals surface area contributed by atoms with Gasteiger partial charge >= 0.3 is 0 Å². The minimum atomic E-state index is -0.515. The Morgan fingerprint density at radius 1 is 1.03 bits per heavy atom. The van der Waals surface area contributed by atoms with Gasteiger partial charge in [0, 0.05) is 36.1 Å². The van der Waals surface area contributed by atoms with Crippen LogP contribution in [0.25, 0.3) is 0 Å².